The average Bonchev–Trinajstić information content (AvgIpc) is 1.69. The molecule has 12 atom stereocenters. The van der Waals surface area contributed by atoms with Crippen LogP contribution in [0.1, 0.15) is 232 Å². The Hall–Kier alpha value is -12.9. The van der Waals surface area contributed by atoms with E-state index in [0.29, 0.717) is 81.1 Å². The maximum atomic E-state index is 14.6. The van der Waals surface area contributed by atoms with Crippen LogP contribution in [0.2, 0.25) is 0 Å². The second-order valence-electron chi connectivity index (χ2n) is 34.5. The molecule has 2 heterocycles. The lowest BCUT2D eigenvalue weighted by Gasteiger charge is -2.30. The molecule has 0 spiro atoms. The number of para-hydroxylation sites is 1. The Morgan fingerprint density at radius 2 is 0.905 bits per heavy atom. The Morgan fingerprint density at radius 1 is 0.453 bits per heavy atom. The quantitative estimate of drug-likeness (QED) is 0.0162. The van der Waals surface area contributed by atoms with Gasteiger partial charge in [-0.3, -0.25) is 86.5 Å². The Balaban J connectivity index is 0.00000124. The second-order valence-corrected chi connectivity index (χ2v) is 34.5. The summed E-state index contributed by atoms with van der Waals surface area (Å²) in [5.74, 6) is -13.0. The number of rotatable bonds is 65. The summed E-state index contributed by atoms with van der Waals surface area (Å²) in [6, 6.07) is 5.44. The van der Waals surface area contributed by atoms with Crippen molar-refractivity contribution in [1.29, 1.82) is 0 Å². The monoisotopic (exact) mass is 1920 g/mol. The molecule has 1 aromatic heterocycles. The van der Waals surface area contributed by atoms with E-state index in [1.165, 1.54) is 75.1 Å². The Labute approximate surface area is 800 Å². The Kier molecular flexibility index (Phi) is 55.2. The van der Waals surface area contributed by atoms with Crippen LogP contribution >= 0.6 is 0 Å². The first-order valence-electron chi connectivity index (χ1n) is 47.7. The smallest absolute Gasteiger partial charge is 0.303 e. The van der Waals surface area contributed by atoms with Gasteiger partial charge >= 0.3 is 5.97 Å². The summed E-state index contributed by atoms with van der Waals surface area (Å²) in [6.45, 7) is 11.2. The molecule has 1 aliphatic rings. The van der Waals surface area contributed by atoms with Crippen LogP contribution in [-0.4, -0.2) is 262 Å². The number of guanidine groups is 1. The van der Waals surface area contributed by atoms with Crippen LogP contribution in [0.3, 0.4) is 0 Å². The number of aromatic nitrogens is 1. The molecule has 3 aromatic carbocycles. The summed E-state index contributed by atoms with van der Waals surface area (Å²) in [5.41, 5.74) is 24.4. The number of amides is 16. The van der Waals surface area contributed by atoms with Crippen molar-refractivity contribution < 1.29 is 102 Å². The molecule has 0 radical (unpaired) electrons. The number of carboxylic acid groups (broad SMARTS) is 1. The number of likely N-dealkylation sites (N-methyl/N-ethyl adjacent to an activating group) is 1. The van der Waals surface area contributed by atoms with E-state index in [0.717, 1.165) is 43.0 Å². The molecule has 137 heavy (non-hydrogen) atoms. The van der Waals surface area contributed by atoms with Gasteiger partial charge in [0.15, 0.2) is 5.96 Å². The van der Waals surface area contributed by atoms with Gasteiger partial charge in [-0.25, -0.2) is 0 Å². The highest BCUT2D eigenvalue weighted by molar-refractivity contribution is 6.00. The van der Waals surface area contributed by atoms with E-state index in [1.54, 1.807) is 64.2 Å². The van der Waals surface area contributed by atoms with Crippen molar-refractivity contribution in [3.05, 3.63) is 102 Å². The van der Waals surface area contributed by atoms with Gasteiger partial charge in [0.2, 0.25) is 94.5 Å². The predicted molar refractivity (Wildman–Crippen MR) is 514 cm³/mol. The maximum Gasteiger partial charge on any atom is 0.303 e. The van der Waals surface area contributed by atoms with Gasteiger partial charge in [-0.2, -0.15) is 0 Å². The summed E-state index contributed by atoms with van der Waals surface area (Å²) in [5, 5.41) is 78.4. The molecule has 1 aliphatic heterocycles. The summed E-state index contributed by atoms with van der Waals surface area (Å²) in [4.78, 5) is 235. The van der Waals surface area contributed by atoms with Gasteiger partial charge in [0.05, 0.1) is 13.2 Å². The minimum Gasteiger partial charge on any atom is -0.508 e. The van der Waals surface area contributed by atoms with E-state index in [9.17, 15) is 102 Å². The number of nitrogens with zero attached hydrogens (tertiary/aromatic N) is 2. The van der Waals surface area contributed by atoms with Crippen molar-refractivity contribution in [3.8, 4) is 5.75 Å². The third kappa shape index (κ3) is 45.1. The van der Waals surface area contributed by atoms with Gasteiger partial charge in [-0.05, 0) is 138 Å². The van der Waals surface area contributed by atoms with Crippen LogP contribution in [0, 0.1) is 5.92 Å². The predicted octanol–water partition coefficient (Wildman–Crippen LogP) is 0.465. The average molecular weight is 1920 g/mol. The molecule has 5 rings (SSSR count). The third-order valence-corrected chi connectivity index (χ3v) is 22.8. The largest absolute Gasteiger partial charge is 0.508 e. The topological polar surface area (TPSA) is 675 Å². The van der Waals surface area contributed by atoms with E-state index in [2.05, 4.69) is 91.3 Å². The van der Waals surface area contributed by atoms with Crippen LogP contribution < -0.4 is 97.4 Å². The Bertz CT molecular complexity index is 4530. The second kappa shape index (κ2) is 65.0. The number of aliphatic imine (C=N–C) groups is 1. The van der Waals surface area contributed by atoms with Gasteiger partial charge in [0, 0.05) is 102 Å². The third-order valence-electron chi connectivity index (χ3n) is 22.8. The number of aliphatic carboxylic acids is 1. The normalized spacial score (nSPS) is 14.5. The lowest BCUT2D eigenvalue weighted by Crippen LogP contribution is -2.61. The van der Waals surface area contributed by atoms with Crippen molar-refractivity contribution in [2.45, 2.75) is 307 Å². The fraction of sp³-hybridized carbons (Fsp3) is 0.600. The highest BCUT2D eigenvalue weighted by atomic mass is 16.4. The molecule has 0 saturated carbocycles. The zero-order chi connectivity index (χ0) is 101. The van der Waals surface area contributed by atoms with Gasteiger partial charge in [-0.1, -0.05) is 153 Å². The lowest BCUT2D eigenvalue weighted by atomic mass is 10.0. The van der Waals surface area contributed by atoms with Gasteiger partial charge in [0.1, 0.15) is 78.3 Å². The highest BCUT2D eigenvalue weighted by Crippen LogP contribution is 2.24. The van der Waals surface area contributed by atoms with Crippen molar-refractivity contribution in [2.75, 3.05) is 52.5 Å². The number of primary amides is 1. The SMILES string of the molecule is CC(=O)N[C@@H](CCCCN)C(=O)N1CCC[C@H]1C(=O)N[C@H](C(N)=O)C(C)C.CCCCCCCCCCCC(=O)NCCC(=O)NCCCC[C@H](NC(C)=O)C(=O)N[C@@H](Cc1ccc(O)cc1)C(=O)N[C@@H](CO)C(=O)N[C@@H](CCCC)C(=O)N[C@@H](CCC(=O)O)C(=O)N[C@@H](CO)C(=O)N[C@H](Cc1ccccc1)C(=O)N[C@@H](CCCN=C(N)N)C(=O)N[C@@H](Cc1c[nH]c2ccccc12)C(=O)NCC. The number of phenols is 1. The number of carboxylic acids is 1. The number of likely N-dealkylation sites (tertiary alicyclic amines) is 1. The molecule has 0 aliphatic carbocycles. The number of hydrogen-bond acceptors (Lipinski definition) is 22. The molecule has 27 N–H and O–H groups in total. The molecular formula is C95H149N21O21. The molecule has 4 aromatic rings. The number of nitrogens with two attached hydrogens (primary N) is 4. The number of aromatic amines is 1. The molecule has 1 saturated heterocycles. The number of fused-ring (bicyclic) bond motifs is 1. The van der Waals surface area contributed by atoms with Crippen molar-refractivity contribution >= 4 is 117 Å². The zero-order valence-corrected chi connectivity index (χ0v) is 80.2. The summed E-state index contributed by atoms with van der Waals surface area (Å²) < 4.78 is 0. The summed E-state index contributed by atoms with van der Waals surface area (Å²) in [7, 11) is 0. The number of aromatic hydroxyl groups is 1. The van der Waals surface area contributed by atoms with Crippen LogP contribution in [0.15, 0.2) is 90.1 Å². The molecule has 1 fully saturated rings. The first-order chi connectivity index (χ1) is 65.5. The minimum absolute atomic E-state index is 0.0331. The molecule has 760 valence electrons. The number of aliphatic hydroxyl groups is 2. The number of nitrogens with one attached hydrogen (secondary N) is 15. The zero-order valence-electron chi connectivity index (χ0n) is 80.2. The summed E-state index contributed by atoms with van der Waals surface area (Å²) >= 11 is 0. The number of benzene rings is 3. The number of carbonyl (C=O) groups excluding carboxylic acids is 16. The van der Waals surface area contributed by atoms with Crippen molar-refractivity contribution in [2.24, 2.45) is 33.8 Å². The number of H-pyrrole nitrogens is 1. The molecule has 0 bridgehead atoms. The van der Waals surface area contributed by atoms with Crippen molar-refractivity contribution in [1.82, 2.24) is 84.3 Å². The molecule has 42 heteroatoms. The fourth-order valence-corrected chi connectivity index (χ4v) is 15.3. The van der Waals surface area contributed by atoms with E-state index in [4.69, 9.17) is 22.9 Å². The van der Waals surface area contributed by atoms with E-state index < -0.39 is 170 Å². The van der Waals surface area contributed by atoms with Crippen LogP contribution in [0.4, 0.5) is 0 Å². The number of phenolic OH excluding ortho intramolecular Hbond substituents is 1. The van der Waals surface area contributed by atoms with E-state index in [-0.39, 0.29) is 131 Å². The fourth-order valence-electron chi connectivity index (χ4n) is 15.3. The molecule has 42 nitrogen and oxygen atoms in total. The van der Waals surface area contributed by atoms with Crippen LogP contribution in [-0.2, 0) is 101 Å². The van der Waals surface area contributed by atoms with E-state index >= 15 is 0 Å². The molecule has 16 amide bonds. The number of carbonyl (C=O) groups is 17. The first-order valence-corrected chi connectivity index (χ1v) is 47.7. The standard InChI is InChI=1S/C77H116N16O17.C18H33N5O4/c1-5-8-10-11-12-13-14-15-19-32-65(98)82-42-39-66(99)81-40-23-22-30-56(85-49(4)96)69(103)89-61(44-51-33-35-53(97)36-34-51)74(108)93-63(47-94)75(109)87-57(28-9-6-2)70(104)88-59(37-38-67(100)101)72(106)92-64(48-95)76(110)90-60(43-50-25-17-16-18-26-50)73(107)86-58(31-24-41-83-77(78)79)71(105)91-62(68(102)80-7-3)45-52-46-84-55-29-21-20-27-54(52)55;1-11(2)15(16(20)25)22-17(26)14-8-6-10-23(14)18(27)13(21-12(3)24)7-4-5-9-19/h16-18,20-21,25-27,29,33-36,46,56-64,84,94-95,97H,5-15,19,22-24,28,30-32,37-45,47-48H2,1-4H3,(H,80,102)(H,81,99)(H,82,98)(H,85,96)(H,86,107)(H,87,109)(H,88,104)(H,89,103)(H,90,110)(H,91,105)(H,92,106)(H,93,108)(H,100,101)(H4,78,79,83);11,13-15H,4-10,19H2,1-3H3,(H2,20,25)(H,21,24)(H,22,26)/t56-,57-,58-,59-,60+,61-,62-,63-,64-;13-,14-,15-/m00/s1. The highest BCUT2D eigenvalue weighted by Gasteiger charge is 2.41. The minimum atomic E-state index is -1.88. The molecular weight excluding hydrogens is 1770 g/mol. The first kappa shape index (κ1) is 116. The molecule has 0 unspecified atom stereocenters. The van der Waals surface area contributed by atoms with Crippen LogP contribution in [0.25, 0.3) is 10.9 Å². The van der Waals surface area contributed by atoms with E-state index in [1.807, 2.05) is 24.3 Å². The van der Waals surface area contributed by atoms with Gasteiger partial charge in [-0.15, -0.1) is 0 Å². The maximum absolute atomic E-state index is 14.6. The number of hydrogen-bond donors (Lipinski definition) is 23. The number of unbranched alkanes of at least 4 members (excludes halogenated alkanes) is 11. The van der Waals surface area contributed by atoms with Gasteiger partial charge < -0.3 is 128 Å². The number of aliphatic hydroxyl groups excluding tert-OH is 2. The van der Waals surface area contributed by atoms with Gasteiger partial charge in [0.25, 0.3) is 0 Å². The Morgan fingerprint density at radius 3 is 1.43 bits per heavy atom. The summed E-state index contributed by atoms with van der Waals surface area (Å²) in [6.07, 6.45) is 15.0. The lowest BCUT2D eigenvalue weighted by molar-refractivity contribution is -0.142. The van der Waals surface area contributed by atoms with Crippen LogP contribution in [0.5, 0.6) is 5.75 Å². The van der Waals surface area contributed by atoms with Crippen molar-refractivity contribution in [3.63, 3.8) is 0 Å².